The molecule has 0 unspecified atom stereocenters. The molecule has 0 atom stereocenters. The van der Waals surface area contributed by atoms with Gasteiger partial charge in [-0.1, -0.05) is 54.6 Å². The first-order valence-corrected chi connectivity index (χ1v) is 13.2. The fourth-order valence-electron chi connectivity index (χ4n) is 5.34. The molecule has 194 valence electrons. The topological polar surface area (TPSA) is 82.8 Å². The van der Waals surface area contributed by atoms with E-state index in [0.29, 0.717) is 11.5 Å². The summed E-state index contributed by atoms with van der Waals surface area (Å²) in [4.78, 5) is 17.8. The molecule has 7 heteroatoms. The monoisotopic (exact) mass is 531 g/mol. The quantitative estimate of drug-likeness (QED) is 0.223. The average molecular weight is 532 g/mol. The van der Waals surface area contributed by atoms with Crippen LogP contribution in [0, 0.1) is 0 Å². The van der Waals surface area contributed by atoms with Crippen LogP contribution in [0.1, 0.15) is 0 Å². The Labute approximate surface area is 234 Å². The van der Waals surface area contributed by atoms with Crippen LogP contribution >= 0.6 is 0 Å². The molecule has 3 aromatic carbocycles. The van der Waals surface area contributed by atoms with Crippen molar-refractivity contribution < 1.29 is 8.83 Å². The molecule has 0 bridgehead atoms. The SMILES string of the molecule is c1ccc(-n2c3cc(-c4cccc(-c5cnco5)n4)ccc3c3ccc(-c4cccc(-c5cnco5)n4)cc32)cc1. The zero-order valence-electron chi connectivity index (χ0n) is 21.7. The zero-order chi connectivity index (χ0) is 27.2. The fraction of sp³-hybridized carbons (Fsp3) is 0. The van der Waals surface area contributed by atoms with Crippen molar-refractivity contribution in [3.05, 3.63) is 128 Å². The Morgan fingerprint density at radius 2 is 1.00 bits per heavy atom. The number of aromatic nitrogens is 5. The van der Waals surface area contributed by atoms with Crippen molar-refractivity contribution in [1.82, 2.24) is 24.5 Å². The predicted octanol–water partition coefficient (Wildman–Crippen LogP) is 8.22. The molecule has 5 heterocycles. The molecular formula is C34H21N5O2. The van der Waals surface area contributed by atoms with E-state index in [1.54, 1.807) is 12.4 Å². The molecule has 7 nitrogen and oxygen atoms in total. The zero-order valence-corrected chi connectivity index (χ0v) is 21.7. The van der Waals surface area contributed by atoms with E-state index >= 15 is 0 Å². The maximum atomic E-state index is 5.48. The molecule has 8 rings (SSSR count). The van der Waals surface area contributed by atoms with Gasteiger partial charge in [-0.3, -0.25) is 0 Å². The third-order valence-electron chi connectivity index (χ3n) is 7.24. The minimum Gasteiger partial charge on any atom is -0.442 e. The van der Waals surface area contributed by atoms with Crippen molar-refractivity contribution in [2.75, 3.05) is 0 Å². The van der Waals surface area contributed by atoms with E-state index < -0.39 is 0 Å². The summed E-state index contributed by atoms with van der Waals surface area (Å²) in [6.45, 7) is 0. The predicted molar refractivity (Wildman–Crippen MR) is 158 cm³/mol. The average Bonchev–Trinajstić information content (AvgIpc) is 3.82. The number of para-hydroxylation sites is 1. The highest BCUT2D eigenvalue weighted by Gasteiger charge is 2.16. The third-order valence-corrected chi connectivity index (χ3v) is 7.24. The van der Waals surface area contributed by atoms with E-state index in [0.717, 1.165) is 61.4 Å². The Kier molecular flexibility index (Phi) is 5.31. The van der Waals surface area contributed by atoms with Crippen LogP contribution in [0.2, 0.25) is 0 Å². The summed E-state index contributed by atoms with van der Waals surface area (Å²) in [6.07, 6.45) is 6.19. The van der Waals surface area contributed by atoms with Gasteiger partial charge >= 0.3 is 0 Å². The molecule has 8 aromatic rings. The van der Waals surface area contributed by atoms with E-state index in [4.69, 9.17) is 18.8 Å². The molecule has 5 aromatic heterocycles. The first kappa shape index (κ1) is 23.1. The summed E-state index contributed by atoms with van der Waals surface area (Å²) in [7, 11) is 0. The number of hydrogen-bond acceptors (Lipinski definition) is 6. The molecular weight excluding hydrogens is 510 g/mol. The van der Waals surface area contributed by atoms with E-state index in [-0.39, 0.29) is 0 Å². The van der Waals surface area contributed by atoms with Crippen molar-refractivity contribution in [2.24, 2.45) is 0 Å². The molecule has 0 fully saturated rings. The number of rotatable bonds is 5. The van der Waals surface area contributed by atoms with Gasteiger partial charge in [-0.15, -0.1) is 0 Å². The van der Waals surface area contributed by atoms with Gasteiger partial charge in [0.1, 0.15) is 11.4 Å². The van der Waals surface area contributed by atoms with Crippen LogP contribution in [0.3, 0.4) is 0 Å². The van der Waals surface area contributed by atoms with Crippen molar-refractivity contribution >= 4 is 21.8 Å². The second-order valence-electron chi connectivity index (χ2n) is 9.68. The molecule has 0 aliphatic rings. The van der Waals surface area contributed by atoms with Crippen molar-refractivity contribution in [3.8, 4) is 51.1 Å². The van der Waals surface area contributed by atoms with Crippen LogP contribution in [0.4, 0.5) is 0 Å². The second kappa shape index (κ2) is 9.43. The Balaban J connectivity index is 1.32. The van der Waals surface area contributed by atoms with E-state index in [1.807, 2.05) is 42.5 Å². The number of oxazole rings is 2. The molecule has 0 aliphatic heterocycles. The lowest BCUT2D eigenvalue weighted by Gasteiger charge is -2.10. The maximum absolute atomic E-state index is 5.48. The van der Waals surface area contributed by atoms with Gasteiger partial charge in [0.25, 0.3) is 0 Å². The minimum atomic E-state index is 0.639. The van der Waals surface area contributed by atoms with Crippen LogP contribution in [-0.4, -0.2) is 24.5 Å². The van der Waals surface area contributed by atoms with Crippen molar-refractivity contribution in [1.29, 1.82) is 0 Å². The molecule has 0 N–H and O–H groups in total. The molecule has 0 aliphatic carbocycles. The fourth-order valence-corrected chi connectivity index (χ4v) is 5.34. The lowest BCUT2D eigenvalue weighted by molar-refractivity contribution is 0.569. The lowest BCUT2D eigenvalue weighted by atomic mass is 10.0. The van der Waals surface area contributed by atoms with E-state index in [9.17, 15) is 0 Å². The summed E-state index contributed by atoms with van der Waals surface area (Å²) >= 11 is 0. The number of benzene rings is 3. The Morgan fingerprint density at radius 1 is 0.488 bits per heavy atom. The maximum Gasteiger partial charge on any atom is 0.181 e. The summed E-state index contributed by atoms with van der Waals surface area (Å²) in [6, 6.07) is 35.3. The van der Waals surface area contributed by atoms with Gasteiger partial charge in [0.05, 0.1) is 34.8 Å². The number of pyridine rings is 2. The van der Waals surface area contributed by atoms with E-state index in [2.05, 4.69) is 75.2 Å². The molecule has 0 spiro atoms. The molecule has 0 amide bonds. The van der Waals surface area contributed by atoms with Gasteiger partial charge in [0.2, 0.25) is 0 Å². The van der Waals surface area contributed by atoms with Crippen molar-refractivity contribution in [3.63, 3.8) is 0 Å². The van der Waals surface area contributed by atoms with Gasteiger partial charge in [0, 0.05) is 27.6 Å². The van der Waals surface area contributed by atoms with Crippen LogP contribution in [0.25, 0.3) is 72.9 Å². The van der Waals surface area contributed by atoms with Crippen LogP contribution in [0.15, 0.2) is 137 Å². The Hall–Kier alpha value is -5.82. The summed E-state index contributed by atoms with van der Waals surface area (Å²) in [5, 5.41) is 2.32. The first-order valence-electron chi connectivity index (χ1n) is 13.2. The summed E-state index contributed by atoms with van der Waals surface area (Å²) < 4.78 is 13.3. The van der Waals surface area contributed by atoms with Gasteiger partial charge in [-0.05, 0) is 48.5 Å². The standard InChI is InChI=1S/C34H21N5O2/c1-2-6-24(7-3-1)39-31-16-22(27-8-4-10-29(37-27)33-18-35-20-40-33)12-14-25(31)26-15-13-23(17-32(26)39)28-9-5-11-30(38-28)34-19-36-21-41-34/h1-21H. The first-order chi connectivity index (χ1) is 20.3. The van der Waals surface area contributed by atoms with Crippen molar-refractivity contribution in [2.45, 2.75) is 0 Å². The lowest BCUT2D eigenvalue weighted by Crippen LogP contribution is -1.94. The van der Waals surface area contributed by atoms with Gasteiger partial charge in [-0.25, -0.2) is 19.9 Å². The minimum absolute atomic E-state index is 0.639. The molecule has 0 radical (unpaired) electrons. The van der Waals surface area contributed by atoms with Gasteiger partial charge < -0.3 is 13.4 Å². The second-order valence-corrected chi connectivity index (χ2v) is 9.68. The number of nitrogens with zero attached hydrogens (tertiary/aromatic N) is 5. The highest BCUT2D eigenvalue weighted by molar-refractivity contribution is 6.11. The van der Waals surface area contributed by atoms with Crippen LogP contribution in [-0.2, 0) is 0 Å². The Bertz CT molecular complexity index is 2010. The molecule has 41 heavy (non-hydrogen) atoms. The van der Waals surface area contributed by atoms with Gasteiger partial charge in [-0.2, -0.15) is 0 Å². The van der Waals surface area contributed by atoms with Crippen LogP contribution in [0.5, 0.6) is 0 Å². The van der Waals surface area contributed by atoms with Crippen LogP contribution < -0.4 is 0 Å². The molecule has 0 saturated heterocycles. The normalized spacial score (nSPS) is 11.4. The molecule has 0 saturated carbocycles. The third kappa shape index (κ3) is 3.99. The van der Waals surface area contributed by atoms with Gasteiger partial charge in [0.15, 0.2) is 24.3 Å². The number of hydrogen-bond donors (Lipinski definition) is 0. The van der Waals surface area contributed by atoms with E-state index in [1.165, 1.54) is 12.8 Å². The highest BCUT2D eigenvalue weighted by atomic mass is 16.3. The highest BCUT2D eigenvalue weighted by Crippen LogP contribution is 2.37. The smallest absolute Gasteiger partial charge is 0.181 e. The number of fused-ring (bicyclic) bond motifs is 3. The summed E-state index contributed by atoms with van der Waals surface area (Å²) in [5.74, 6) is 1.28. The largest absolute Gasteiger partial charge is 0.442 e. The summed E-state index contributed by atoms with van der Waals surface area (Å²) in [5.41, 5.74) is 8.50. The Morgan fingerprint density at radius 3 is 1.49 bits per heavy atom.